The molecule has 3 rings (SSSR count). The van der Waals surface area contributed by atoms with Crippen LogP contribution < -0.4 is 9.47 Å². The molecule has 0 radical (unpaired) electrons. The van der Waals surface area contributed by atoms with Gasteiger partial charge in [-0.15, -0.1) is 23.1 Å². The number of methoxy groups -OCH3 is 2. The van der Waals surface area contributed by atoms with Crippen molar-refractivity contribution in [1.29, 1.82) is 0 Å². The maximum atomic E-state index is 13.1. The second kappa shape index (κ2) is 6.62. The van der Waals surface area contributed by atoms with Crippen molar-refractivity contribution in [1.82, 2.24) is 4.90 Å². The first-order valence-corrected chi connectivity index (χ1v) is 8.86. The van der Waals surface area contributed by atoms with Gasteiger partial charge in [0.2, 0.25) is 0 Å². The zero-order valence-electron chi connectivity index (χ0n) is 12.4. The van der Waals surface area contributed by atoms with Gasteiger partial charge in [0.25, 0.3) is 5.91 Å². The topological polar surface area (TPSA) is 38.8 Å². The lowest BCUT2D eigenvalue weighted by Crippen LogP contribution is -2.30. The molecule has 1 amide bonds. The van der Waals surface area contributed by atoms with Crippen LogP contribution in [0, 0.1) is 0 Å². The van der Waals surface area contributed by atoms with Crippen LogP contribution in [0.3, 0.4) is 0 Å². The normalized spacial score (nSPS) is 17.5. The highest BCUT2D eigenvalue weighted by Crippen LogP contribution is 2.42. The summed E-state index contributed by atoms with van der Waals surface area (Å²) in [7, 11) is 3.14. The molecule has 4 nitrogen and oxygen atoms in total. The third-order valence-electron chi connectivity index (χ3n) is 3.58. The molecule has 0 saturated carbocycles. The molecular weight excluding hydrogens is 318 g/mol. The van der Waals surface area contributed by atoms with E-state index >= 15 is 0 Å². The van der Waals surface area contributed by atoms with Crippen LogP contribution in [-0.4, -0.2) is 37.3 Å². The molecule has 0 unspecified atom stereocenters. The predicted molar refractivity (Wildman–Crippen MR) is 90.1 cm³/mol. The molecule has 2 heterocycles. The molecule has 2 aromatic rings. The van der Waals surface area contributed by atoms with Gasteiger partial charge in [-0.3, -0.25) is 4.79 Å². The van der Waals surface area contributed by atoms with Crippen molar-refractivity contribution in [2.45, 2.75) is 5.37 Å². The van der Waals surface area contributed by atoms with Crippen molar-refractivity contribution in [3.8, 4) is 11.5 Å². The summed E-state index contributed by atoms with van der Waals surface area (Å²) < 4.78 is 10.7. The lowest BCUT2D eigenvalue weighted by molar-refractivity contribution is 0.0755. The van der Waals surface area contributed by atoms with Crippen molar-refractivity contribution < 1.29 is 14.3 Å². The Labute approximate surface area is 138 Å². The number of carbonyl (C=O) groups excluding carboxylic acids is 1. The van der Waals surface area contributed by atoms with Gasteiger partial charge in [0.05, 0.1) is 14.2 Å². The second-order valence-electron chi connectivity index (χ2n) is 4.77. The van der Waals surface area contributed by atoms with Gasteiger partial charge in [-0.05, 0) is 23.6 Å². The van der Waals surface area contributed by atoms with Crippen LogP contribution in [0.1, 0.15) is 20.6 Å². The average Bonchev–Trinajstić information content (AvgIpc) is 3.23. The fourth-order valence-electron chi connectivity index (χ4n) is 2.55. The Morgan fingerprint density at radius 1 is 1.18 bits per heavy atom. The van der Waals surface area contributed by atoms with Crippen molar-refractivity contribution in [3.63, 3.8) is 0 Å². The van der Waals surface area contributed by atoms with Gasteiger partial charge in [0, 0.05) is 17.2 Å². The van der Waals surface area contributed by atoms with Gasteiger partial charge in [-0.1, -0.05) is 12.1 Å². The highest BCUT2D eigenvalue weighted by atomic mass is 32.2. The van der Waals surface area contributed by atoms with Crippen LogP contribution >= 0.6 is 23.1 Å². The number of rotatable bonds is 4. The van der Waals surface area contributed by atoms with Crippen molar-refractivity contribution >= 4 is 29.0 Å². The SMILES string of the molecule is COc1cccc(OC)c1C(=O)N1CCS[C@@H]1c1cccs1. The molecule has 22 heavy (non-hydrogen) atoms. The quantitative estimate of drug-likeness (QED) is 0.855. The van der Waals surface area contributed by atoms with Crippen LogP contribution in [0.5, 0.6) is 11.5 Å². The molecule has 1 aromatic carbocycles. The maximum absolute atomic E-state index is 13.1. The zero-order chi connectivity index (χ0) is 15.5. The molecule has 0 aliphatic carbocycles. The number of carbonyl (C=O) groups is 1. The first-order valence-electron chi connectivity index (χ1n) is 6.93. The Balaban J connectivity index is 1.97. The summed E-state index contributed by atoms with van der Waals surface area (Å²) in [5.41, 5.74) is 0.497. The Hall–Kier alpha value is -1.66. The number of amides is 1. The van der Waals surface area contributed by atoms with Gasteiger partial charge in [0.15, 0.2) is 0 Å². The number of thiophene rings is 1. The van der Waals surface area contributed by atoms with E-state index in [-0.39, 0.29) is 11.3 Å². The van der Waals surface area contributed by atoms with Gasteiger partial charge < -0.3 is 14.4 Å². The highest BCUT2D eigenvalue weighted by Gasteiger charge is 2.34. The Morgan fingerprint density at radius 2 is 1.91 bits per heavy atom. The lowest BCUT2D eigenvalue weighted by atomic mass is 10.1. The summed E-state index contributed by atoms with van der Waals surface area (Å²) in [5.74, 6) is 1.99. The van der Waals surface area contributed by atoms with Crippen molar-refractivity contribution in [2.24, 2.45) is 0 Å². The van der Waals surface area contributed by atoms with E-state index < -0.39 is 0 Å². The Bertz CT molecular complexity index is 635. The van der Waals surface area contributed by atoms with E-state index in [1.807, 2.05) is 22.4 Å². The smallest absolute Gasteiger partial charge is 0.262 e. The summed E-state index contributed by atoms with van der Waals surface area (Å²) in [6.45, 7) is 0.729. The molecule has 1 aromatic heterocycles. The van der Waals surface area contributed by atoms with E-state index in [1.165, 1.54) is 4.88 Å². The fourth-order valence-corrected chi connectivity index (χ4v) is 4.79. The number of thioether (sulfide) groups is 1. The molecule has 0 spiro atoms. The standard InChI is InChI=1S/C16H17NO3S2/c1-19-11-5-3-6-12(20-2)14(11)15(18)17-8-10-22-16(17)13-7-4-9-21-13/h3-7,9,16H,8,10H2,1-2H3/t16-/m1/s1. The molecule has 6 heteroatoms. The molecule has 1 fully saturated rings. The zero-order valence-corrected chi connectivity index (χ0v) is 14.1. The maximum Gasteiger partial charge on any atom is 0.262 e. The average molecular weight is 335 g/mol. The summed E-state index contributed by atoms with van der Waals surface area (Å²) in [4.78, 5) is 16.2. The van der Waals surface area contributed by atoms with E-state index in [9.17, 15) is 4.79 Å². The fraction of sp³-hybridized carbons (Fsp3) is 0.312. The van der Waals surface area contributed by atoms with Crippen molar-refractivity contribution in [2.75, 3.05) is 26.5 Å². The molecule has 1 saturated heterocycles. The minimum absolute atomic E-state index is 0.0438. The van der Waals surface area contributed by atoms with Crippen LogP contribution in [0.4, 0.5) is 0 Å². The second-order valence-corrected chi connectivity index (χ2v) is 6.94. The third-order valence-corrected chi connectivity index (χ3v) is 5.90. The number of hydrogen-bond donors (Lipinski definition) is 0. The Morgan fingerprint density at radius 3 is 2.50 bits per heavy atom. The van der Waals surface area contributed by atoms with Crippen LogP contribution in [0.15, 0.2) is 35.7 Å². The van der Waals surface area contributed by atoms with Gasteiger partial charge in [-0.25, -0.2) is 0 Å². The summed E-state index contributed by atoms with van der Waals surface area (Å²) in [6, 6.07) is 9.50. The monoisotopic (exact) mass is 335 g/mol. The molecule has 0 N–H and O–H groups in total. The van der Waals surface area contributed by atoms with Crippen molar-refractivity contribution in [3.05, 3.63) is 46.2 Å². The third kappa shape index (κ3) is 2.68. The van der Waals surface area contributed by atoms with Crippen LogP contribution in [0.2, 0.25) is 0 Å². The van der Waals surface area contributed by atoms with Crippen LogP contribution in [-0.2, 0) is 0 Å². The number of benzene rings is 1. The summed E-state index contributed by atoms with van der Waals surface area (Å²) in [5, 5.41) is 2.11. The molecule has 1 aliphatic rings. The van der Waals surface area contributed by atoms with E-state index in [2.05, 4.69) is 6.07 Å². The number of hydrogen-bond acceptors (Lipinski definition) is 5. The molecule has 116 valence electrons. The minimum Gasteiger partial charge on any atom is -0.496 e. The van der Waals surface area contributed by atoms with Gasteiger partial charge in [-0.2, -0.15) is 0 Å². The molecule has 1 atom stereocenters. The number of nitrogens with zero attached hydrogens (tertiary/aromatic N) is 1. The van der Waals surface area contributed by atoms with Gasteiger partial charge in [0.1, 0.15) is 22.4 Å². The first kappa shape index (κ1) is 15.2. The predicted octanol–water partition coefficient (Wildman–Crippen LogP) is 3.65. The number of ether oxygens (including phenoxy) is 2. The lowest BCUT2D eigenvalue weighted by Gasteiger charge is -2.24. The highest BCUT2D eigenvalue weighted by molar-refractivity contribution is 7.99. The Kier molecular flexibility index (Phi) is 4.59. The largest absolute Gasteiger partial charge is 0.496 e. The van der Waals surface area contributed by atoms with Crippen LogP contribution in [0.25, 0.3) is 0 Å². The minimum atomic E-state index is -0.0438. The molecule has 0 bridgehead atoms. The first-order chi connectivity index (χ1) is 10.8. The van der Waals surface area contributed by atoms with E-state index in [0.717, 1.165) is 12.3 Å². The summed E-state index contributed by atoms with van der Waals surface area (Å²) >= 11 is 3.47. The van der Waals surface area contributed by atoms with Gasteiger partial charge >= 0.3 is 0 Å². The van der Waals surface area contributed by atoms with E-state index in [1.54, 1.807) is 49.5 Å². The summed E-state index contributed by atoms with van der Waals surface area (Å²) in [6.07, 6.45) is 0. The molecular formula is C16H17NO3S2. The van der Waals surface area contributed by atoms with E-state index in [4.69, 9.17) is 9.47 Å². The van der Waals surface area contributed by atoms with E-state index in [0.29, 0.717) is 17.1 Å². The molecule has 1 aliphatic heterocycles.